The number of hydrogen-bond acceptors (Lipinski definition) is 6. The molecule has 1 N–H and O–H groups in total. The van der Waals surface area contributed by atoms with Crippen molar-refractivity contribution >= 4 is 33.5 Å². The fraction of sp³-hybridized carbons (Fsp3) is 0.300. The van der Waals surface area contributed by atoms with Gasteiger partial charge in [0.25, 0.3) is 5.91 Å². The van der Waals surface area contributed by atoms with Gasteiger partial charge in [0.1, 0.15) is 5.75 Å². The summed E-state index contributed by atoms with van der Waals surface area (Å²) < 4.78 is 21.7. The zero-order valence-corrected chi connectivity index (χ0v) is 17.5. The third-order valence-electron chi connectivity index (χ3n) is 3.53. The summed E-state index contributed by atoms with van der Waals surface area (Å²) in [6.07, 6.45) is 0. The summed E-state index contributed by atoms with van der Waals surface area (Å²) in [5, 5.41) is 2.79. The summed E-state index contributed by atoms with van der Waals surface area (Å²) >= 11 is 3.40. The molecule has 2 rings (SSSR count). The van der Waals surface area contributed by atoms with Gasteiger partial charge in [0.15, 0.2) is 18.1 Å². The SMILES string of the molecule is CCOC(=O)COc1cccc(NC(=O)c2cc(Br)c(OCC)c(OC)c2)c1. The van der Waals surface area contributed by atoms with Gasteiger partial charge in [0.05, 0.1) is 24.8 Å². The van der Waals surface area contributed by atoms with Gasteiger partial charge in [-0.05, 0) is 54.0 Å². The van der Waals surface area contributed by atoms with Gasteiger partial charge in [-0.3, -0.25) is 4.79 Å². The fourth-order valence-electron chi connectivity index (χ4n) is 2.35. The fourth-order valence-corrected chi connectivity index (χ4v) is 2.90. The van der Waals surface area contributed by atoms with Crippen molar-refractivity contribution in [3.8, 4) is 17.2 Å². The van der Waals surface area contributed by atoms with E-state index in [0.717, 1.165) is 0 Å². The lowest BCUT2D eigenvalue weighted by Gasteiger charge is -2.14. The highest BCUT2D eigenvalue weighted by atomic mass is 79.9. The number of halogens is 1. The molecule has 0 atom stereocenters. The van der Waals surface area contributed by atoms with Crippen LogP contribution in [0.15, 0.2) is 40.9 Å². The van der Waals surface area contributed by atoms with Crippen LogP contribution in [0, 0.1) is 0 Å². The molecule has 0 aromatic heterocycles. The van der Waals surface area contributed by atoms with Crippen LogP contribution >= 0.6 is 15.9 Å². The third kappa shape index (κ3) is 5.88. The topological polar surface area (TPSA) is 83.1 Å². The van der Waals surface area contributed by atoms with Crippen molar-refractivity contribution in [2.24, 2.45) is 0 Å². The molecule has 0 aliphatic rings. The molecule has 0 fully saturated rings. The lowest BCUT2D eigenvalue weighted by molar-refractivity contribution is -0.145. The van der Waals surface area contributed by atoms with Gasteiger partial charge < -0.3 is 24.3 Å². The average molecular weight is 452 g/mol. The van der Waals surface area contributed by atoms with Crippen LogP contribution in [0.5, 0.6) is 17.2 Å². The summed E-state index contributed by atoms with van der Waals surface area (Å²) in [5.74, 6) is 0.646. The van der Waals surface area contributed by atoms with Crippen molar-refractivity contribution < 1.29 is 28.5 Å². The van der Waals surface area contributed by atoms with Crippen molar-refractivity contribution in [2.45, 2.75) is 13.8 Å². The lowest BCUT2D eigenvalue weighted by Crippen LogP contribution is -2.15. The molecule has 2 aromatic carbocycles. The Morgan fingerprint density at radius 2 is 1.86 bits per heavy atom. The second-order valence-electron chi connectivity index (χ2n) is 5.50. The first-order valence-corrected chi connectivity index (χ1v) is 9.47. The monoisotopic (exact) mass is 451 g/mol. The first-order valence-electron chi connectivity index (χ1n) is 8.68. The van der Waals surface area contributed by atoms with Crippen molar-refractivity contribution in [2.75, 3.05) is 32.2 Å². The molecule has 7 nitrogen and oxygen atoms in total. The van der Waals surface area contributed by atoms with E-state index in [1.807, 2.05) is 6.92 Å². The first-order chi connectivity index (χ1) is 13.5. The molecule has 0 aliphatic carbocycles. The maximum Gasteiger partial charge on any atom is 0.344 e. The summed E-state index contributed by atoms with van der Waals surface area (Å²) in [5.41, 5.74) is 0.917. The first kappa shape index (κ1) is 21.6. The molecule has 0 bridgehead atoms. The molecular formula is C20H22BrNO6. The molecule has 8 heteroatoms. The molecule has 0 saturated carbocycles. The molecule has 0 unspecified atom stereocenters. The molecule has 0 aliphatic heterocycles. The van der Waals surface area contributed by atoms with Crippen LogP contribution in [-0.2, 0) is 9.53 Å². The molecule has 28 heavy (non-hydrogen) atoms. The van der Waals surface area contributed by atoms with Gasteiger partial charge >= 0.3 is 5.97 Å². The second-order valence-corrected chi connectivity index (χ2v) is 6.35. The molecule has 1 amide bonds. The van der Waals surface area contributed by atoms with E-state index in [9.17, 15) is 9.59 Å². The van der Waals surface area contributed by atoms with Crippen LogP contribution in [0.25, 0.3) is 0 Å². The predicted molar refractivity (Wildman–Crippen MR) is 108 cm³/mol. The molecule has 0 spiro atoms. The van der Waals surface area contributed by atoms with Gasteiger partial charge in [-0.2, -0.15) is 0 Å². The molecule has 0 heterocycles. The van der Waals surface area contributed by atoms with Gasteiger partial charge in [0.2, 0.25) is 0 Å². The number of amides is 1. The van der Waals surface area contributed by atoms with E-state index >= 15 is 0 Å². The van der Waals surface area contributed by atoms with Gasteiger partial charge in [-0.1, -0.05) is 6.07 Å². The Balaban J connectivity index is 2.11. The summed E-state index contributed by atoms with van der Waals surface area (Å²) in [7, 11) is 1.51. The number of carbonyl (C=O) groups excluding carboxylic acids is 2. The van der Waals surface area contributed by atoms with Crippen LogP contribution in [0.4, 0.5) is 5.69 Å². The summed E-state index contributed by atoms with van der Waals surface area (Å²) in [6.45, 7) is 4.15. The summed E-state index contributed by atoms with van der Waals surface area (Å²) in [6, 6.07) is 10.0. The van der Waals surface area contributed by atoms with Crippen LogP contribution < -0.4 is 19.5 Å². The minimum Gasteiger partial charge on any atom is -0.493 e. The Bertz CT molecular complexity index is 839. The molecule has 2 aromatic rings. The maximum atomic E-state index is 12.6. The standard InChI is InChI=1S/C20H22BrNO6/c1-4-26-18(23)12-28-15-8-6-7-14(11-15)22-20(24)13-9-16(21)19(27-5-2)17(10-13)25-3/h6-11H,4-5,12H2,1-3H3,(H,22,24). The molecule has 0 radical (unpaired) electrons. The smallest absolute Gasteiger partial charge is 0.344 e. The van der Waals surface area contributed by atoms with E-state index in [1.54, 1.807) is 43.3 Å². The Labute approximate surface area is 172 Å². The van der Waals surface area contributed by atoms with E-state index in [1.165, 1.54) is 7.11 Å². The Morgan fingerprint density at radius 1 is 1.07 bits per heavy atom. The number of benzene rings is 2. The quantitative estimate of drug-likeness (QED) is 0.578. The van der Waals surface area contributed by atoms with Crippen molar-refractivity contribution in [3.63, 3.8) is 0 Å². The van der Waals surface area contributed by atoms with Gasteiger partial charge in [-0.25, -0.2) is 4.79 Å². The molecule has 0 saturated heterocycles. The highest BCUT2D eigenvalue weighted by Gasteiger charge is 2.16. The van der Waals surface area contributed by atoms with Crippen molar-refractivity contribution in [1.29, 1.82) is 0 Å². The third-order valence-corrected chi connectivity index (χ3v) is 4.12. The number of anilines is 1. The van der Waals surface area contributed by atoms with E-state index in [2.05, 4.69) is 21.2 Å². The Morgan fingerprint density at radius 3 is 2.54 bits per heavy atom. The van der Waals surface area contributed by atoms with Gasteiger partial charge in [0, 0.05) is 17.3 Å². The Hall–Kier alpha value is -2.74. The zero-order chi connectivity index (χ0) is 20.5. The number of hydrogen-bond donors (Lipinski definition) is 1. The van der Waals surface area contributed by atoms with Crippen LogP contribution in [0.1, 0.15) is 24.2 Å². The van der Waals surface area contributed by atoms with Crippen LogP contribution in [-0.4, -0.2) is 38.8 Å². The highest BCUT2D eigenvalue weighted by molar-refractivity contribution is 9.10. The zero-order valence-electron chi connectivity index (χ0n) is 15.9. The normalized spacial score (nSPS) is 10.1. The van der Waals surface area contributed by atoms with Crippen molar-refractivity contribution in [3.05, 3.63) is 46.4 Å². The number of methoxy groups -OCH3 is 1. The number of rotatable bonds is 9. The lowest BCUT2D eigenvalue weighted by atomic mass is 10.1. The van der Waals surface area contributed by atoms with E-state index in [4.69, 9.17) is 18.9 Å². The number of ether oxygens (including phenoxy) is 4. The largest absolute Gasteiger partial charge is 0.493 e. The number of carbonyl (C=O) groups is 2. The number of esters is 1. The van der Waals surface area contributed by atoms with Crippen molar-refractivity contribution in [1.82, 2.24) is 0 Å². The summed E-state index contributed by atoms with van der Waals surface area (Å²) in [4.78, 5) is 24.0. The average Bonchev–Trinajstić information content (AvgIpc) is 2.68. The van der Waals surface area contributed by atoms with E-state index in [0.29, 0.717) is 46.2 Å². The second kappa shape index (κ2) is 10.6. The minimum atomic E-state index is -0.455. The Kier molecular flexibility index (Phi) is 8.13. The highest BCUT2D eigenvalue weighted by Crippen LogP contribution is 2.36. The van der Waals surface area contributed by atoms with Crippen LogP contribution in [0.3, 0.4) is 0 Å². The van der Waals surface area contributed by atoms with Gasteiger partial charge in [-0.15, -0.1) is 0 Å². The molecular weight excluding hydrogens is 430 g/mol. The maximum absolute atomic E-state index is 12.6. The van der Waals surface area contributed by atoms with E-state index in [-0.39, 0.29) is 12.5 Å². The molecule has 150 valence electrons. The van der Waals surface area contributed by atoms with Crippen LogP contribution in [0.2, 0.25) is 0 Å². The minimum absolute atomic E-state index is 0.200. The number of nitrogens with one attached hydrogen (secondary N) is 1. The predicted octanol–water partition coefficient (Wildman–Crippen LogP) is 4.05. The van der Waals surface area contributed by atoms with E-state index < -0.39 is 5.97 Å².